The van der Waals surface area contributed by atoms with Gasteiger partial charge in [-0.05, 0) is 6.42 Å². The maximum Gasteiger partial charge on any atom is 0.301 e. The van der Waals surface area contributed by atoms with Crippen molar-refractivity contribution >= 4 is 23.5 Å². The van der Waals surface area contributed by atoms with Gasteiger partial charge in [-0.1, -0.05) is 34.1 Å². The molecule has 1 amide bonds. The van der Waals surface area contributed by atoms with E-state index in [1.165, 1.54) is 0 Å². The summed E-state index contributed by atoms with van der Waals surface area (Å²) in [6, 6.07) is 0.210. The van der Waals surface area contributed by atoms with Crippen LogP contribution in [0.5, 0.6) is 0 Å². The van der Waals surface area contributed by atoms with Gasteiger partial charge in [0.1, 0.15) is 11.1 Å². The maximum absolute atomic E-state index is 11.6. The van der Waals surface area contributed by atoms with Crippen molar-refractivity contribution in [2.45, 2.75) is 51.3 Å². The molecule has 1 heterocycles. The lowest BCUT2D eigenvalue weighted by Gasteiger charge is -2.13. The van der Waals surface area contributed by atoms with Crippen molar-refractivity contribution in [1.82, 2.24) is 4.98 Å². The number of rotatable bonds is 4. The Hall–Kier alpha value is -1.03. The molecule has 0 spiro atoms. The van der Waals surface area contributed by atoms with Crippen LogP contribution < -0.4 is 5.32 Å². The second-order valence-electron chi connectivity index (χ2n) is 5.03. The van der Waals surface area contributed by atoms with Crippen LogP contribution in [-0.2, 0) is 10.2 Å². The molecule has 0 saturated carbocycles. The minimum absolute atomic E-state index is 0.125. The third-order valence-electron chi connectivity index (χ3n) is 2.30. The number of hydrogen-bond acceptors (Lipinski definition) is 3. The molecule has 5 heteroatoms. The van der Waals surface area contributed by atoms with E-state index in [2.05, 4.69) is 10.3 Å². The number of alkyl halides is 1. The average molecular weight is 259 g/mol. The van der Waals surface area contributed by atoms with E-state index >= 15 is 0 Å². The Morgan fingerprint density at radius 3 is 2.71 bits per heavy atom. The summed E-state index contributed by atoms with van der Waals surface area (Å²) in [5, 5.41) is 2.03. The number of carbonyl (C=O) groups is 1. The molecule has 1 aromatic heterocycles. The minimum atomic E-state index is -0.537. The van der Waals surface area contributed by atoms with Gasteiger partial charge in [-0.15, -0.1) is 11.6 Å². The molecule has 96 valence electrons. The molecule has 0 fully saturated rings. The molecule has 1 rings (SSSR count). The topological polar surface area (TPSA) is 55.1 Å². The van der Waals surface area contributed by atoms with Crippen LogP contribution in [0.15, 0.2) is 10.6 Å². The van der Waals surface area contributed by atoms with Crippen LogP contribution in [0.1, 0.15) is 46.3 Å². The maximum atomic E-state index is 11.6. The van der Waals surface area contributed by atoms with Gasteiger partial charge < -0.3 is 4.42 Å². The highest BCUT2D eigenvalue weighted by molar-refractivity contribution is 6.32. The van der Waals surface area contributed by atoms with Crippen molar-refractivity contribution in [3.05, 3.63) is 12.0 Å². The fourth-order valence-electron chi connectivity index (χ4n) is 1.25. The van der Waals surface area contributed by atoms with Gasteiger partial charge in [0.2, 0.25) is 5.91 Å². The molecule has 17 heavy (non-hydrogen) atoms. The Kier molecular flexibility index (Phi) is 4.57. The Bertz CT molecular complexity index is 382. The molecule has 1 aromatic rings. The van der Waals surface area contributed by atoms with Crippen molar-refractivity contribution < 1.29 is 9.21 Å². The van der Waals surface area contributed by atoms with Gasteiger partial charge >= 0.3 is 6.01 Å². The second-order valence-corrected chi connectivity index (χ2v) is 5.55. The molecule has 0 saturated heterocycles. The first-order valence-corrected chi connectivity index (χ1v) is 6.19. The molecular weight excluding hydrogens is 240 g/mol. The minimum Gasteiger partial charge on any atom is -0.428 e. The smallest absolute Gasteiger partial charge is 0.301 e. The molecule has 0 unspecified atom stereocenters. The summed E-state index contributed by atoms with van der Waals surface area (Å²) >= 11 is 5.90. The van der Waals surface area contributed by atoms with Gasteiger partial charge in [-0.25, -0.2) is 4.98 Å². The Balaban J connectivity index is 2.64. The number of halogens is 1. The van der Waals surface area contributed by atoms with Crippen LogP contribution in [-0.4, -0.2) is 16.3 Å². The second kappa shape index (κ2) is 5.54. The van der Waals surface area contributed by atoms with Crippen LogP contribution in [0.2, 0.25) is 0 Å². The summed E-state index contributed by atoms with van der Waals surface area (Å²) in [6.07, 6.45) is 3.12. The lowest BCUT2D eigenvalue weighted by molar-refractivity contribution is -0.116. The summed E-state index contributed by atoms with van der Waals surface area (Å²) in [5.74, 6) is 0.463. The van der Waals surface area contributed by atoms with Crippen molar-refractivity contribution in [3.8, 4) is 0 Å². The van der Waals surface area contributed by atoms with Gasteiger partial charge in [-0.3, -0.25) is 10.1 Å². The van der Waals surface area contributed by atoms with Crippen LogP contribution in [0.3, 0.4) is 0 Å². The number of carbonyl (C=O) groups excluding carboxylic acids is 1. The zero-order chi connectivity index (χ0) is 13.1. The summed E-state index contributed by atoms with van der Waals surface area (Å²) in [7, 11) is 0. The molecule has 1 N–H and O–H groups in total. The van der Waals surface area contributed by atoms with Gasteiger partial charge in [0, 0.05) is 5.41 Å². The predicted molar refractivity (Wildman–Crippen MR) is 68.4 cm³/mol. The standard InChI is InChI=1S/C12H19ClN2O2/c1-5-6-8(13)10(16)15-11-14-7-9(17-11)12(2,3)4/h7-8H,5-6H2,1-4H3,(H,14,15,16)/t8-/m1/s1. The van der Waals surface area contributed by atoms with Crippen LogP contribution in [0.4, 0.5) is 6.01 Å². The van der Waals surface area contributed by atoms with Crippen molar-refractivity contribution in [2.24, 2.45) is 0 Å². The molecular formula is C12H19ClN2O2. The lowest BCUT2D eigenvalue weighted by atomic mass is 9.94. The zero-order valence-electron chi connectivity index (χ0n) is 10.7. The SMILES string of the molecule is CCC[C@@H](Cl)C(=O)Nc1ncc(C(C)(C)C)o1. The first kappa shape index (κ1) is 14.0. The molecule has 0 aromatic carbocycles. The van der Waals surface area contributed by atoms with Gasteiger partial charge in [0.05, 0.1) is 6.20 Å². The Morgan fingerprint density at radius 2 is 2.24 bits per heavy atom. The van der Waals surface area contributed by atoms with E-state index in [4.69, 9.17) is 16.0 Å². The van der Waals surface area contributed by atoms with Crippen molar-refractivity contribution in [3.63, 3.8) is 0 Å². The highest BCUT2D eigenvalue weighted by Crippen LogP contribution is 2.24. The average Bonchev–Trinajstić information content (AvgIpc) is 2.66. The Morgan fingerprint density at radius 1 is 1.59 bits per heavy atom. The normalized spacial score (nSPS) is 13.5. The third kappa shape index (κ3) is 4.04. The first-order chi connectivity index (χ1) is 7.84. The monoisotopic (exact) mass is 258 g/mol. The zero-order valence-corrected chi connectivity index (χ0v) is 11.5. The van der Waals surface area contributed by atoms with E-state index in [0.717, 1.165) is 12.2 Å². The van der Waals surface area contributed by atoms with Gasteiger partial charge in [-0.2, -0.15) is 0 Å². The number of nitrogens with zero attached hydrogens (tertiary/aromatic N) is 1. The molecule has 0 aliphatic heterocycles. The molecule has 0 bridgehead atoms. The largest absolute Gasteiger partial charge is 0.428 e. The summed E-state index contributed by atoms with van der Waals surface area (Å²) in [6.45, 7) is 8.02. The van der Waals surface area contributed by atoms with Gasteiger partial charge in [0.15, 0.2) is 0 Å². The summed E-state index contributed by atoms with van der Waals surface area (Å²) in [5.41, 5.74) is -0.125. The van der Waals surface area contributed by atoms with Crippen LogP contribution in [0.25, 0.3) is 0 Å². The number of amides is 1. The fourth-order valence-corrected chi connectivity index (χ4v) is 1.52. The van der Waals surface area contributed by atoms with E-state index < -0.39 is 5.38 Å². The van der Waals surface area contributed by atoms with Crippen molar-refractivity contribution in [2.75, 3.05) is 5.32 Å². The summed E-state index contributed by atoms with van der Waals surface area (Å²) < 4.78 is 5.45. The summed E-state index contributed by atoms with van der Waals surface area (Å²) in [4.78, 5) is 15.6. The first-order valence-electron chi connectivity index (χ1n) is 5.76. The highest BCUT2D eigenvalue weighted by Gasteiger charge is 2.21. The number of oxazole rings is 1. The number of hydrogen-bond donors (Lipinski definition) is 1. The Labute approximate surface area is 107 Å². The van der Waals surface area contributed by atoms with Crippen LogP contribution >= 0.6 is 11.6 Å². The molecule has 1 atom stereocenters. The molecule has 0 aliphatic rings. The molecule has 0 aliphatic carbocycles. The van der Waals surface area contributed by atoms with E-state index in [0.29, 0.717) is 6.42 Å². The van der Waals surface area contributed by atoms with E-state index in [9.17, 15) is 4.79 Å². The van der Waals surface area contributed by atoms with Crippen LogP contribution in [0, 0.1) is 0 Å². The quantitative estimate of drug-likeness (QED) is 0.843. The van der Waals surface area contributed by atoms with E-state index in [-0.39, 0.29) is 17.3 Å². The number of aromatic nitrogens is 1. The molecule has 0 radical (unpaired) electrons. The number of nitrogens with one attached hydrogen (secondary N) is 1. The van der Waals surface area contributed by atoms with E-state index in [1.807, 2.05) is 27.7 Å². The predicted octanol–water partition coefficient (Wildman–Crippen LogP) is 3.32. The number of anilines is 1. The fraction of sp³-hybridized carbons (Fsp3) is 0.667. The van der Waals surface area contributed by atoms with Crippen molar-refractivity contribution in [1.29, 1.82) is 0 Å². The highest BCUT2D eigenvalue weighted by atomic mass is 35.5. The van der Waals surface area contributed by atoms with Gasteiger partial charge in [0.25, 0.3) is 0 Å². The lowest BCUT2D eigenvalue weighted by Crippen LogP contribution is -2.23. The third-order valence-corrected chi connectivity index (χ3v) is 2.72. The molecule has 4 nitrogen and oxygen atoms in total. The van der Waals surface area contributed by atoms with E-state index in [1.54, 1.807) is 6.20 Å².